The molecular weight excluding hydrogens is 778 g/mol. The summed E-state index contributed by atoms with van der Waals surface area (Å²) in [7, 11) is 1.82. The third-order valence-electron chi connectivity index (χ3n) is 11.0. The second-order valence-corrected chi connectivity index (χ2v) is 15.7. The summed E-state index contributed by atoms with van der Waals surface area (Å²) in [6, 6.07) is 0.151. The topological polar surface area (TPSA) is 181 Å². The molecule has 3 fully saturated rings. The number of aliphatic imine (C=N–C) groups is 1. The zero-order chi connectivity index (χ0) is 41.0. The Kier molecular flexibility index (Phi) is 26.3. The van der Waals surface area contributed by atoms with Crippen molar-refractivity contribution in [1.82, 2.24) is 21.1 Å². The number of amides is 1. The number of alkyl halides is 1. The molecule has 4 aliphatic rings. The van der Waals surface area contributed by atoms with Crippen LogP contribution < -0.4 is 16.2 Å². The van der Waals surface area contributed by atoms with Gasteiger partial charge in [0.25, 0.3) is 0 Å². The third-order valence-corrected chi connectivity index (χ3v) is 11.4. The molecule has 18 heteroatoms. The highest BCUT2D eigenvalue weighted by Gasteiger charge is 2.50. The molecule has 58 heavy (non-hydrogen) atoms. The van der Waals surface area contributed by atoms with Crippen molar-refractivity contribution in [3.63, 3.8) is 0 Å². The smallest absolute Gasteiger partial charge is 0.222 e. The largest absolute Gasteiger partial charge is 0.394 e. The molecular formula is C40H74ClN5O12. The molecule has 1 saturated heterocycles. The standard InChI is InChI=1S/C40H74ClN5O12/c1-31-44-45-40-36(43-39(32-3-5-33(41)6-4-32)35-29-34(49-2)7-8-37(35)46(31)40)30-38(48)42-9-11-50-13-15-52-17-19-54-21-23-56-25-27-58-28-26-57-24-22-55-20-18-53-16-14-51-12-10-47/h31-37,40,44-45,47H,3-30H2,1-2H3,(H,42,48)/t31?,32?,33?,34?,35?,36-,37?,40?/m0/s1. The van der Waals surface area contributed by atoms with Crippen LogP contribution in [0.25, 0.3) is 0 Å². The van der Waals surface area contributed by atoms with Crippen molar-refractivity contribution in [2.45, 2.75) is 94.2 Å². The molecule has 6 atom stereocenters. The Morgan fingerprint density at radius 2 is 1.19 bits per heavy atom. The zero-order valence-corrected chi connectivity index (χ0v) is 35.9. The number of fused-ring (bicyclic) bond motifs is 3. The Morgan fingerprint density at radius 1 is 0.707 bits per heavy atom. The van der Waals surface area contributed by atoms with Gasteiger partial charge in [0.15, 0.2) is 0 Å². The van der Waals surface area contributed by atoms with Crippen molar-refractivity contribution in [3.8, 4) is 0 Å². The van der Waals surface area contributed by atoms with Gasteiger partial charge in [-0.1, -0.05) is 0 Å². The van der Waals surface area contributed by atoms with E-state index >= 15 is 0 Å². The zero-order valence-electron chi connectivity index (χ0n) is 35.1. The van der Waals surface area contributed by atoms with Gasteiger partial charge in [-0.25, -0.2) is 10.9 Å². The molecule has 0 aromatic carbocycles. The van der Waals surface area contributed by atoms with Gasteiger partial charge in [0, 0.05) is 36.7 Å². The van der Waals surface area contributed by atoms with Gasteiger partial charge in [-0.05, 0) is 57.8 Å². The monoisotopic (exact) mass is 852 g/mol. The number of carbonyl (C=O) groups is 1. The fourth-order valence-corrected chi connectivity index (χ4v) is 8.36. The lowest BCUT2D eigenvalue weighted by molar-refractivity contribution is -0.122. The molecule has 0 spiro atoms. The first-order valence-corrected chi connectivity index (χ1v) is 22.1. The molecule has 2 heterocycles. The number of rotatable bonds is 33. The molecule has 1 amide bonds. The SMILES string of the molecule is COC1CCC2C(C1)C(C1CCC(Cl)CC1)=N[C@@H](CC(=O)NCCOCCOCCOCCOCCOCCOCCOCCOCCOCCO)C1NNC(C)N21. The highest BCUT2D eigenvalue weighted by Crippen LogP contribution is 2.42. The molecule has 0 bridgehead atoms. The maximum Gasteiger partial charge on any atom is 0.222 e. The summed E-state index contributed by atoms with van der Waals surface area (Å²) >= 11 is 6.52. The van der Waals surface area contributed by atoms with E-state index in [2.05, 4.69) is 28.0 Å². The molecule has 0 aromatic heterocycles. The predicted octanol–water partition coefficient (Wildman–Crippen LogP) is 1.52. The second kappa shape index (κ2) is 30.8. The third kappa shape index (κ3) is 18.9. The van der Waals surface area contributed by atoms with Gasteiger partial charge in [0.2, 0.25) is 5.91 Å². The van der Waals surface area contributed by atoms with Crippen LogP contribution in [-0.4, -0.2) is 197 Å². The highest BCUT2D eigenvalue weighted by molar-refractivity contribution is 6.20. The first kappa shape index (κ1) is 49.5. The van der Waals surface area contributed by atoms with E-state index < -0.39 is 0 Å². The van der Waals surface area contributed by atoms with Crippen LogP contribution in [-0.2, 0) is 52.2 Å². The maximum absolute atomic E-state index is 13.3. The minimum atomic E-state index is -0.202. The van der Waals surface area contributed by atoms with Crippen LogP contribution in [0.1, 0.15) is 58.3 Å². The lowest BCUT2D eigenvalue weighted by atomic mass is 9.72. The van der Waals surface area contributed by atoms with E-state index in [-0.39, 0.29) is 42.4 Å². The van der Waals surface area contributed by atoms with E-state index in [1.54, 1.807) is 0 Å². The average molecular weight is 853 g/mol. The van der Waals surface area contributed by atoms with Gasteiger partial charge < -0.3 is 57.8 Å². The summed E-state index contributed by atoms with van der Waals surface area (Å²) < 4.78 is 55.1. The molecule has 4 rings (SSSR count). The number of aliphatic hydroxyl groups excluding tert-OH is 1. The quantitative estimate of drug-likeness (QED) is 0.0551. The Hall–Kier alpha value is -1.13. The number of hydrazine groups is 1. The number of nitrogens with one attached hydrogen (secondary N) is 3. The number of nitrogens with zero attached hydrogens (tertiary/aromatic N) is 2. The Labute approximate surface area is 351 Å². The first-order valence-electron chi connectivity index (χ1n) is 21.6. The van der Waals surface area contributed by atoms with E-state index in [1.807, 2.05) is 7.11 Å². The lowest BCUT2D eigenvalue weighted by Crippen LogP contribution is -2.55. The Balaban J connectivity index is 0.956. The van der Waals surface area contributed by atoms with Gasteiger partial charge in [0.1, 0.15) is 0 Å². The molecule has 2 aliphatic carbocycles. The summed E-state index contributed by atoms with van der Waals surface area (Å²) in [5, 5.41) is 11.9. The Bertz CT molecular complexity index is 1100. The molecule has 2 saturated carbocycles. The fraction of sp³-hybridized carbons (Fsp3) is 0.950. The van der Waals surface area contributed by atoms with E-state index in [0.29, 0.717) is 150 Å². The molecule has 2 aliphatic heterocycles. The minimum absolute atomic E-state index is 0.0202. The van der Waals surface area contributed by atoms with E-state index in [1.165, 1.54) is 5.71 Å². The molecule has 0 aromatic rings. The molecule has 5 unspecified atom stereocenters. The normalized spacial score (nSPS) is 27.6. The van der Waals surface area contributed by atoms with E-state index in [0.717, 1.165) is 44.9 Å². The van der Waals surface area contributed by atoms with E-state index in [4.69, 9.17) is 69.1 Å². The molecule has 17 nitrogen and oxygen atoms in total. The van der Waals surface area contributed by atoms with Gasteiger partial charge in [-0.2, -0.15) is 0 Å². The van der Waals surface area contributed by atoms with Gasteiger partial charge >= 0.3 is 0 Å². The maximum atomic E-state index is 13.3. The van der Waals surface area contributed by atoms with Crippen molar-refractivity contribution < 1.29 is 57.3 Å². The fourth-order valence-electron chi connectivity index (χ4n) is 8.11. The van der Waals surface area contributed by atoms with Crippen molar-refractivity contribution in [2.75, 3.05) is 139 Å². The Morgan fingerprint density at radius 3 is 1.67 bits per heavy atom. The lowest BCUT2D eigenvalue weighted by Gasteiger charge is -2.44. The van der Waals surface area contributed by atoms with Gasteiger partial charge in [-0.3, -0.25) is 14.7 Å². The van der Waals surface area contributed by atoms with Crippen LogP contribution in [0.15, 0.2) is 4.99 Å². The van der Waals surface area contributed by atoms with Crippen LogP contribution in [0.5, 0.6) is 0 Å². The predicted molar refractivity (Wildman–Crippen MR) is 218 cm³/mol. The van der Waals surface area contributed by atoms with Gasteiger partial charge in [0.05, 0.1) is 156 Å². The summed E-state index contributed by atoms with van der Waals surface area (Å²) in [4.78, 5) is 21.3. The summed E-state index contributed by atoms with van der Waals surface area (Å²) in [6.07, 6.45) is 7.83. The first-order chi connectivity index (χ1) is 28.5. The second-order valence-electron chi connectivity index (χ2n) is 15.1. The summed E-state index contributed by atoms with van der Waals surface area (Å²) in [5.41, 5.74) is 8.22. The van der Waals surface area contributed by atoms with Crippen LogP contribution in [0, 0.1) is 11.8 Å². The summed E-state index contributed by atoms with van der Waals surface area (Å²) in [6.45, 7) is 11.1. The van der Waals surface area contributed by atoms with Gasteiger partial charge in [-0.15, -0.1) is 11.6 Å². The van der Waals surface area contributed by atoms with Crippen molar-refractivity contribution in [1.29, 1.82) is 0 Å². The highest BCUT2D eigenvalue weighted by atomic mass is 35.5. The molecule has 0 radical (unpaired) electrons. The number of aliphatic hydroxyl groups is 1. The van der Waals surface area contributed by atoms with Crippen molar-refractivity contribution in [3.05, 3.63) is 0 Å². The molecule has 4 N–H and O–H groups in total. The minimum Gasteiger partial charge on any atom is -0.394 e. The number of carbonyl (C=O) groups excluding carboxylic acids is 1. The van der Waals surface area contributed by atoms with Crippen LogP contribution in [0.2, 0.25) is 0 Å². The average Bonchev–Trinajstić information content (AvgIpc) is 3.56. The number of hydrogen-bond donors (Lipinski definition) is 4. The van der Waals surface area contributed by atoms with Crippen molar-refractivity contribution >= 4 is 23.2 Å². The van der Waals surface area contributed by atoms with Crippen LogP contribution in [0.4, 0.5) is 0 Å². The van der Waals surface area contributed by atoms with Crippen molar-refractivity contribution in [2.24, 2.45) is 16.8 Å². The number of hydrogen-bond acceptors (Lipinski definition) is 16. The van der Waals surface area contributed by atoms with Crippen LogP contribution >= 0.6 is 11.6 Å². The number of halogens is 1. The molecule has 338 valence electrons. The van der Waals surface area contributed by atoms with E-state index in [9.17, 15) is 4.79 Å². The number of ether oxygens (including phenoxy) is 10. The number of methoxy groups -OCH3 is 1. The summed E-state index contributed by atoms with van der Waals surface area (Å²) in [5.74, 6) is 0.697. The van der Waals surface area contributed by atoms with Crippen LogP contribution in [0.3, 0.4) is 0 Å².